The van der Waals surface area contributed by atoms with Crippen molar-refractivity contribution in [2.24, 2.45) is 0 Å². The summed E-state index contributed by atoms with van der Waals surface area (Å²) in [5, 5.41) is 7.27. The summed E-state index contributed by atoms with van der Waals surface area (Å²) in [6.07, 6.45) is 1.80. The van der Waals surface area contributed by atoms with Crippen LogP contribution in [0.15, 0.2) is 72.9 Å². The highest BCUT2D eigenvalue weighted by molar-refractivity contribution is 7.80. The lowest BCUT2D eigenvalue weighted by Gasteiger charge is -2.28. The SMILES string of the molecule is COCC(=O)Nc1ccc(N2C(=S)N[C@H](c3ccccn3)[C@@H]2c2cc(C)n(-c3ccc(C)cc3)c2C)cc1Cl. The number of hydrogen-bond donors (Lipinski definition) is 2. The number of hydrogen-bond acceptors (Lipinski definition) is 4. The number of anilines is 2. The number of nitrogens with one attached hydrogen (secondary N) is 2. The van der Waals surface area contributed by atoms with Crippen LogP contribution in [0.25, 0.3) is 5.69 Å². The van der Waals surface area contributed by atoms with E-state index in [1.807, 2.05) is 30.3 Å². The molecule has 9 heteroatoms. The van der Waals surface area contributed by atoms with Crippen molar-refractivity contribution >= 4 is 46.2 Å². The molecule has 1 amide bonds. The Morgan fingerprint density at radius 3 is 2.49 bits per heavy atom. The highest BCUT2D eigenvalue weighted by Crippen LogP contribution is 2.44. The molecule has 2 N–H and O–H groups in total. The summed E-state index contributed by atoms with van der Waals surface area (Å²) >= 11 is 12.5. The minimum Gasteiger partial charge on any atom is -0.375 e. The third-order valence-corrected chi connectivity index (χ3v) is 7.59. The molecule has 0 spiro atoms. The van der Waals surface area contributed by atoms with Gasteiger partial charge in [-0.3, -0.25) is 9.78 Å². The molecule has 39 heavy (non-hydrogen) atoms. The third kappa shape index (κ3) is 5.28. The van der Waals surface area contributed by atoms with Gasteiger partial charge in [0.1, 0.15) is 6.61 Å². The van der Waals surface area contributed by atoms with Crippen molar-refractivity contribution in [1.82, 2.24) is 14.9 Å². The molecule has 5 rings (SSSR count). The van der Waals surface area contributed by atoms with Crippen LogP contribution in [0.5, 0.6) is 0 Å². The van der Waals surface area contributed by atoms with Gasteiger partial charge in [0.15, 0.2) is 5.11 Å². The van der Waals surface area contributed by atoms with Crippen LogP contribution in [0.2, 0.25) is 5.02 Å². The number of amides is 1. The van der Waals surface area contributed by atoms with E-state index < -0.39 is 0 Å². The van der Waals surface area contributed by atoms with Crippen LogP contribution in [-0.2, 0) is 9.53 Å². The van der Waals surface area contributed by atoms with E-state index in [1.54, 1.807) is 12.3 Å². The van der Waals surface area contributed by atoms with Crippen LogP contribution in [-0.4, -0.2) is 34.3 Å². The molecule has 0 radical (unpaired) electrons. The molecule has 200 valence electrons. The molecule has 1 saturated heterocycles. The number of halogens is 1. The Kier molecular flexibility index (Phi) is 7.70. The molecule has 7 nitrogen and oxygen atoms in total. The fourth-order valence-electron chi connectivity index (χ4n) is 5.20. The Bertz CT molecular complexity index is 1520. The Morgan fingerprint density at radius 1 is 1.08 bits per heavy atom. The number of carbonyl (C=O) groups excluding carboxylic acids is 1. The van der Waals surface area contributed by atoms with E-state index in [2.05, 4.69) is 76.2 Å². The van der Waals surface area contributed by atoms with Crippen molar-refractivity contribution in [3.63, 3.8) is 0 Å². The largest absolute Gasteiger partial charge is 0.375 e. The van der Waals surface area contributed by atoms with E-state index in [0.29, 0.717) is 15.8 Å². The van der Waals surface area contributed by atoms with Gasteiger partial charge in [-0.15, -0.1) is 0 Å². The highest BCUT2D eigenvalue weighted by Gasteiger charge is 2.42. The number of nitrogens with zero attached hydrogens (tertiary/aromatic N) is 3. The summed E-state index contributed by atoms with van der Waals surface area (Å²) in [6, 6.07) is 21.8. The van der Waals surface area contributed by atoms with Crippen molar-refractivity contribution in [3.8, 4) is 5.69 Å². The Morgan fingerprint density at radius 2 is 1.82 bits per heavy atom. The number of pyridine rings is 1. The van der Waals surface area contributed by atoms with Crippen molar-refractivity contribution in [3.05, 3.63) is 106 Å². The first kappa shape index (κ1) is 26.9. The van der Waals surface area contributed by atoms with Crippen LogP contribution in [0.3, 0.4) is 0 Å². The Labute approximate surface area is 238 Å². The zero-order valence-electron chi connectivity index (χ0n) is 22.2. The standard InChI is InChI=1S/C30H30ClN5O2S/c1-18-8-10-21(11-9-18)35-19(2)15-23(20(35)3)29-28(26-7-5-6-14-32-26)34-30(39)36(29)22-12-13-25(24(31)16-22)33-27(37)17-38-4/h5-16,28-29H,17H2,1-4H3,(H,33,37)(H,34,39)/t28-,29+/m1/s1. The molecule has 4 aromatic rings. The Hall–Kier alpha value is -3.72. The summed E-state index contributed by atoms with van der Waals surface area (Å²) in [4.78, 5) is 18.8. The molecule has 3 heterocycles. The number of aryl methyl sites for hydroxylation is 2. The quantitative estimate of drug-likeness (QED) is 0.262. The van der Waals surface area contributed by atoms with E-state index in [-0.39, 0.29) is 24.6 Å². The predicted octanol–water partition coefficient (Wildman–Crippen LogP) is 6.21. The second kappa shape index (κ2) is 11.2. The van der Waals surface area contributed by atoms with E-state index in [0.717, 1.165) is 34.0 Å². The van der Waals surface area contributed by atoms with Crippen LogP contribution in [0, 0.1) is 20.8 Å². The number of benzene rings is 2. The number of methoxy groups -OCH3 is 1. The normalized spacial score (nSPS) is 16.8. The van der Waals surface area contributed by atoms with Crippen molar-refractivity contribution < 1.29 is 9.53 Å². The summed E-state index contributed by atoms with van der Waals surface area (Å²) < 4.78 is 7.18. The molecule has 0 aliphatic carbocycles. The highest BCUT2D eigenvalue weighted by atomic mass is 35.5. The van der Waals surface area contributed by atoms with Gasteiger partial charge in [0.2, 0.25) is 5.91 Å². The van der Waals surface area contributed by atoms with Gasteiger partial charge in [-0.2, -0.15) is 0 Å². The number of carbonyl (C=O) groups is 1. The van der Waals surface area contributed by atoms with Crippen molar-refractivity contribution in [2.45, 2.75) is 32.9 Å². The molecule has 2 aromatic carbocycles. The van der Waals surface area contributed by atoms with Gasteiger partial charge in [0.25, 0.3) is 0 Å². The molecule has 2 atom stereocenters. The van der Waals surface area contributed by atoms with E-state index in [9.17, 15) is 4.79 Å². The summed E-state index contributed by atoms with van der Waals surface area (Å²) in [6.45, 7) is 6.29. The lowest BCUT2D eigenvalue weighted by molar-refractivity contribution is -0.119. The maximum absolute atomic E-state index is 12.1. The monoisotopic (exact) mass is 559 g/mol. The first-order valence-corrected chi connectivity index (χ1v) is 13.4. The van der Waals surface area contributed by atoms with Crippen LogP contribution in [0.1, 0.15) is 40.3 Å². The van der Waals surface area contributed by atoms with Gasteiger partial charge in [-0.05, 0) is 87.1 Å². The second-order valence-electron chi connectivity index (χ2n) is 9.64. The fraction of sp³-hybridized carbons (Fsp3) is 0.233. The van der Waals surface area contributed by atoms with Gasteiger partial charge in [0, 0.05) is 36.1 Å². The molecular formula is C30H30ClN5O2S. The lowest BCUT2D eigenvalue weighted by Crippen LogP contribution is -2.29. The van der Waals surface area contributed by atoms with Gasteiger partial charge < -0.3 is 24.8 Å². The molecular weight excluding hydrogens is 530 g/mol. The molecule has 0 bridgehead atoms. The second-order valence-corrected chi connectivity index (χ2v) is 10.4. The summed E-state index contributed by atoms with van der Waals surface area (Å²) in [7, 11) is 1.47. The van der Waals surface area contributed by atoms with E-state index in [1.165, 1.54) is 12.7 Å². The maximum atomic E-state index is 12.1. The van der Waals surface area contributed by atoms with Crippen LogP contribution < -0.4 is 15.5 Å². The first-order valence-electron chi connectivity index (χ1n) is 12.6. The van der Waals surface area contributed by atoms with Gasteiger partial charge >= 0.3 is 0 Å². The molecule has 1 aliphatic rings. The van der Waals surface area contributed by atoms with E-state index in [4.69, 9.17) is 28.6 Å². The summed E-state index contributed by atoms with van der Waals surface area (Å²) in [5.74, 6) is -0.276. The number of thiocarbonyl (C=S) groups is 1. The van der Waals surface area contributed by atoms with Crippen LogP contribution in [0.4, 0.5) is 11.4 Å². The Balaban J connectivity index is 1.60. The molecule has 0 saturated carbocycles. The number of aromatic nitrogens is 2. The zero-order chi connectivity index (χ0) is 27.7. The molecule has 1 aliphatic heterocycles. The average Bonchev–Trinajstić information content (AvgIpc) is 3.41. The number of ether oxygens (including phenoxy) is 1. The topological polar surface area (TPSA) is 71.4 Å². The minimum absolute atomic E-state index is 0.0529. The smallest absolute Gasteiger partial charge is 0.250 e. The van der Waals surface area contributed by atoms with Gasteiger partial charge in [0.05, 0.1) is 28.5 Å². The fourth-order valence-corrected chi connectivity index (χ4v) is 5.77. The van der Waals surface area contributed by atoms with Crippen molar-refractivity contribution in [2.75, 3.05) is 23.9 Å². The first-order chi connectivity index (χ1) is 18.8. The van der Waals surface area contributed by atoms with Crippen molar-refractivity contribution in [1.29, 1.82) is 0 Å². The van der Waals surface area contributed by atoms with Gasteiger partial charge in [-0.1, -0.05) is 35.4 Å². The predicted molar refractivity (Wildman–Crippen MR) is 160 cm³/mol. The lowest BCUT2D eigenvalue weighted by atomic mass is 9.96. The number of rotatable bonds is 7. The molecule has 0 unspecified atom stereocenters. The zero-order valence-corrected chi connectivity index (χ0v) is 23.8. The van der Waals surface area contributed by atoms with E-state index >= 15 is 0 Å². The molecule has 1 fully saturated rings. The van der Waals surface area contributed by atoms with Gasteiger partial charge in [-0.25, -0.2) is 0 Å². The average molecular weight is 560 g/mol. The maximum Gasteiger partial charge on any atom is 0.250 e. The molecule has 2 aromatic heterocycles. The third-order valence-electron chi connectivity index (χ3n) is 6.96. The van der Waals surface area contributed by atoms with Crippen LogP contribution >= 0.6 is 23.8 Å². The minimum atomic E-state index is -0.276. The summed E-state index contributed by atoms with van der Waals surface area (Å²) in [5.41, 5.74) is 7.90.